The molecule has 0 bridgehead atoms. The van der Waals surface area contributed by atoms with Crippen molar-refractivity contribution in [3.05, 3.63) is 35.5 Å². The van der Waals surface area contributed by atoms with Gasteiger partial charge in [-0.1, -0.05) is 29.4 Å². The Morgan fingerprint density at radius 3 is 2.80 bits per heavy atom. The van der Waals surface area contributed by atoms with Crippen molar-refractivity contribution in [1.29, 1.82) is 0 Å². The number of rotatable bonds is 1. The van der Waals surface area contributed by atoms with Crippen molar-refractivity contribution >= 4 is 5.71 Å². The van der Waals surface area contributed by atoms with Crippen LogP contribution in [0.2, 0.25) is 0 Å². The molecule has 15 heavy (non-hydrogen) atoms. The van der Waals surface area contributed by atoms with Crippen LogP contribution in [0.15, 0.2) is 40.4 Å². The van der Waals surface area contributed by atoms with Crippen LogP contribution in [-0.4, -0.2) is 11.8 Å². The van der Waals surface area contributed by atoms with Gasteiger partial charge in [-0.3, -0.25) is 4.99 Å². The number of nitrogens with zero attached hydrogens (tertiary/aromatic N) is 1. The van der Waals surface area contributed by atoms with Crippen molar-refractivity contribution in [2.24, 2.45) is 4.99 Å². The van der Waals surface area contributed by atoms with Gasteiger partial charge in [-0.15, -0.1) is 0 Å². The van der Waals surface area contributed by atoms with Crippen LogP contribution >= 0.6 is 0 Å². The van der Waals surface area contributed by atoms with Crippen LogP contribution in [0, 0.1) is 0 Å². The summed E-state index contributed by atoms with van der Waals surface area (Å²) < 4.78 is 0. The predicted octanol–water partition coefficient (Wildman–Crippen LogP) is 3.83. The minimum absolute atomic E-state index is 0.382. The van der Waals surface area contributed by atoms with Crippen LogP contribution in [-0.2, 0) is 0 Å². The first-order chi connectivity index (χ1) is 7.24. The molecule has 2 aliphatic carbocycles. The Labute approximate surface area is 92.3 Å². The second-order valence-corrected chi connectivity index (χ2v) is 4.63. The summed E-state index contributed by atoms with van der Waals surface area (Å²) in [6.45, 7) is 4.38. The molecular formula is C14H19N. The van der Waals surface area contributed by atoms with E-state index in [2.05, 4.69) is 38.2 Å². The highest BCUT2D eigenvalue weighted by Crippen LogP contribution is 2.19. The summed E-state index contributed by atoms with van der Waals surface area (Å²) in [5.41, 5.74) is 4.21. The Bertz CT molecular complexity index is 356. The molecular weight excluding hydrogens is 182 g/mol. The standard InChI is InChI=1S/C14H19N/c1-11-5-3-7-13(9-11)15-14-8-4-6-12(2)10-14/h3,5,7,10,13H,4,6,8-9H2,1-2H3. The minimum atomic E-state index is 0.382. The smallest absolute Gasteiger partial charge is 0.0723 e. The lowest BCUT2D eigenvalue weighted by Gasteiger charge is -2.16. The predicted molar refractivity (Wildman–Crippen MR) is 66.3 cm³/mol. The van der Waals surface area contributed by atoms with Gasteiger partial charge in [0.1, 0.15) is 0 Å². The Kier molecular flexibility index (Phi) is 3.20. The maximum Gasteiger partial charge on any atom is 0.0723 e. The molecule has 0 heterocycles. The number of allylic oxidation sites excluding steroid dienone is 4. The third-order valence-corrected chi connectivity index (χ3v) is 2.99. The summed E-state index contributed by atoms with van der Waals surface area (Å²) in [5.74, 6) is 0. The van der Waals surface area contributed by atoms with Gasteiger partial charge >= 0.3 is 0 Å². The van der Waals surface area contributed by atoms with E-state index in [9.17, 15) is 0 Å². The fraction of sp³-hybridized carbons (Fsp3) is 0.500. The Morgan fingerprint density at radius 1 is 1.20 bits per heavy atom. The molecule has 0 aliphatic heterocycles. The Hall–Kier alpha value is -1.11. The zero-order valence-corrected chi connectivity index (χ0v) is 9.66. The lowest BCUT2D eigenvalue weighted by molar-refractivity contribution is 0.772. The van der Waals surface area contributed by atoms with Crippen LogP contribution in [0.1, 0.15) is 39.5 Å². The molecule has 0 aromatic heterocycles. The van der Waals surface area contributed by atoms with Crippen LogP contribution in [0.5, 0.6) is 0 Å². The molecule has 0 aromatic carbocycles. The molecule has 2 aliphatic rings. The SMILES string of the molecule is CC1=CC(=NC2C=CC=C(C)C2)CCC1. The zero-order chi connectivity index (χ0) is 10.7. The summed E-state index contributed by atoms with van der Waals surface area (Å²) >= 11 is 0. The van der Waals surface area contributed by atoms with Crippen molar-refractivity contribution in [1.82, 2.24) is 0 Å². The van der Waals surface area contributed by atoms with Gasteiger partial charge in [-0.25, -0.2) is 0 Å². The minimum Gasteiger partial charge on any atom is -0.282 e. The summed E-state index contributed by atoms with van der Waals surface area (Å²) in [6, 6.07) is 0.382. The van der Waals surface area contributed by atoms with Crippen LogP contribution in [0.3, 0.4) is 0 Å². The molecule has 80 valence electrons. The molecule has 1 atom stereocenters. The molecule has 0 saturated carbocycles. The van der Waals surface area contributed by atoms with E-state index in [0.717, 1.165) is 12.8 Å². The lowest BCUT2D eigenvalue weighted by Crippen LogP contribution is -2.10. The van der Waals surface area contributed by atoms with E-state index >= 15 is 0 Å². The highest BCUT2D eigenvalue weighted by molar-refractivity contribution is 5.96. The summed E-state index contributed by atoms with van der Waals surface area (Å²) in [6.07, 6.45) is 13.6. The fourth-order valence-electron chi connectivity index (χ4n) is 2.19. The number of aliphatic imine (C=N–C) groups is 1. The van der Waals surface area contributed by atoms with Crippen molar-refractivity contribution < 1.29 is 0 Å². The van der Waals surface area contributed by atoms with E-state index < -0.39 is 0 Å². The van der Waals surface area contributed by atoms with Gasteiger partial charge in [0.15, 0.2) is 0 Å². The van der Waals surface area contributed by atoms with Crippen molar-refractivity contribution in [3.63, 3.8) is 0 Å². The lowest BCUT2D eigenvalue weighted by atomic mass is 9.98. The second kappa shape index (κ2) is 4.61. The molecule has 1 nitrogen and oxygen atoms in total. The molecule has 0 N–H and O–H groups in total. The van der Waals surface area contributed by atoms with Gasteiger partial charge in [0.2, 0.25) is 0 Å². The van der Waals surface area contributed by atoms with Crippen LogP contribution in [0.25, 0.3) is 0 Å². The molecule has 0 fully saturated rings. The van der Waals surface area contributed by atoms with E-state index in [1.165, 1.54) is 29.7 Å². The normalized spacial score (nSPS) is 28.9. The highest BCUT2D eigenvalue weighted by atomic mass is 14.8. The van der Waals surface area contributed by atoms with Gasteiger partial charge in [-0.05, 0) is 45.6 Å². The van der Waals surface area contributed by atoms with Crippen LogP contribution in [0.4, 0.5) is 0 Å². The summed E-state index contributed by atoms with van der Waals surface area (Å²) in [7, 11) is 0. The fourth-order valence-corrected chi connectivity index (χ4v) is 2.19. The summed E-state index contributed by atoms with van der Waals surface area (Å²) in [4.78, 5) is 4.81. The number of hydrogen-bond acceptors (Lipinski definition) is 1. The van der Waals surface area contributed by atoms with Gasteiger partial charge in [0, 0.05) is 5.71 Å². The first-order valence-electron chi connectivity index (χ1n) is 5.82. The molecule has 2 rings (SSSR count). The van der Waals surface area contributed by atoms with Gasteiger partial charge in [-0.2, -0.15) is 0 Å². The average Bonchev–Trinajstić information content (AvgIpc) is 2.17. The van der Waals surface area contributed by atoms with E-state index in [0.29, 0.717) is 6.04 Å². The maximum atomic E-state index is 4.81. The average molecular weight is 201 g/mol. The molecule has 0 spiro atoms. The monoisotopic (exact) mass is 201 g/mol. The van der Waals surface area contributed by atoms with E-state index in [-0.39, 0.29) is 0 Å². The van der Waals surface area contributed by atoms with Gasteiger partial charge in [0.25, 0.3) is 0 Å². The molecule has 0 saturated heterocycles. The quantitative estimate of drug-likeness (QED) is 0.611. The third kappa shape index (κ3) is 2.92. The second-order valence-electron chi connectivity index (χ2n) is 4.63. The maximum absolute atomic E-state index is 4.81. The molecule has 0 radical (unpaired) electrons. The molecule has 1 heteroatoms. The zero-order valence-electron chi connectivity index (χ0n) is 9.66. The van der Waals surface area contributed by atoms with E-state index in [1.54, 1.807) is 0 Å². The molecule has 1 unspecified atom stereocenters. The topological polar surface area (TPSA) is 12.4 Å². The van der Waals surface area contributed by atoms with Crippen molar-refractivity contribution in [2.75, 3.05) is 0 Å². The van der Waals surface area contributed by atoms with Crippen molar-refractivity contribution in [3.8, 4) is 0 Å². The summed E-state index contributed by atoms with van der Waals surface area (Å²) in [5, 5.41) is 0. The molecule has 0 amide bonds. The van der Waals surface area contributed by atoms with Crippen LogP contribution < -0.4 is 0 Å². The first kappa shape index (κ1) is 10.4. The Morgan fingerprint density at radius 2 is 2.07 bits per heavy atom. The van der Waals surface area contributed by atoms with Gasteiger partial charge < -0.3 is 0 Å². The number of hydrogen-bond donors (Lipinski definition) is 0. The van der Waals surface area contributed by atoms with Crippen molar-refractivity contribution in [2.45, 2.75) is 45.6 Å². The van der Waals surface area contributed by atoms with E-state index in [4.69, 9.17) is 4.99 Å². The molecule has 0 aromatic rings. The highest BCUT2D eigenvalue weighted by Gasteiger charge is 2.10. The van der Waals surface area contributed by atoms with Gasteiger partial charge in [0.05, 0.1) is 6.04 Å². The Balaban J connectivity index is 2.07. The first-order valence-corrected chi connectivity index (χ1v) is 5.82. The largest absolute Gasteiger partial charge is 0.282 e. The van der Waals surface area contributed by atoms with E-state index in [1.807, 2.05) is 0 Å². The third-order valence-electron chi connectivity index (χ3n) is 2.99.